The first-order chi connectivity index (χ1) is 9.24. The predicted octanol–water partition coefficient (Wildman–Crippen LogP) is 2.93. The van der Waals surface area contributed by atoms with Crippen molar-refractivity contribution >= 4 is 0 Å². The molecule has 1 aromatic carbocycles. The summed E-state index contributed by atoms with van der Waals surface area (Å²) in [5.74, 6) is 0.585. The van der Waals surface area contributed by atoms with Crippen LogP contribution >= 0.6 is 0 Å². The molecule has 0 amide bonds. The van der Waals surface area contributed by atoms with Crippen LogP contribution in [0.1, 0.15) is 48.0 Å². The van der Waals surface area contributed by atoms with E-state index in [1.54, 1.807) is 0 Å². The Kier molecular flexibility index (Phi) is 3.38. The molecular weight excluding hydrogens is 234 g/mol. The molecule has 1 aromatic heterocycles. The molecule has 2 atom stereocenters. The predicted molar refractivity (Wildman–Crippen MR) is 76.9 cm³/mol. The van der Waals surface area contributed by atoms with Gasteiger partial charge in [0.05, 0.1) is 12.0 Å². The smallest absolute Gasteiger partial charge is 0.0947 e. The minimum atomic E-state index is 0.0392. The maximum Gasteiger partial charge on any atom is 0.0947 e. The molecular formula is C16H21N3. The van der Waals surface area contributed by atoms with Gasteiger partial charge in [0.1, 0.15) is 0 Å². The van der Waals surface area contributed by atoms with Gasteiger partial charge in [-0.25, -0.2) is 4.98 Å². The number of aromatic nitrogens is 2. The van der Waals surface area contributed by atoms with Crippen LogP contribution in [0.5, 0.6) is 0 Å². The van der Waals surface area contributed by atoms with Gasteiger partial charge in [0.2, 0.25) is 0 Å². The molecule has 0 radical (unpaired) electrons. The van der Waals surface area contributed by atoms with E-state index in [1.807, 2.05) is 24.1 Å². The van der Waals surface area contributed by atoms with Gasteiger partial charge in [-0.05, 0) is 42.7 Å². The van der Waals surface area contributed by atoms with Gasteiger partial charge in [-0.3, -0.25) is 0 Å². The summed E-state index contributed by atoms with van der Waals surface area (Å²) in [5, 5.41) is 0. The molecule has 19 heavy (non-hydrogen) atoms. The maximum absolute atomic E-state index is 6.32. The Morgan fingerprint density at radius 1 is 1.42 bits per heavy atom. The highest BCUT2D eigenvalue weighted by Gasteiger charge is 2.23. The third-order valence-corrected chi connectivity index (χ3v) is 4.14. The van der Waals surface area contributed by atoms with Gasteiger partial charge in [-0.2, -0.15) is 0 Å². The zero-order valence-electron chi connectivity index (χ0n) is 11.4. The third kappa shape index (κ3) is 2.56. The molecule has 100 valence electrons. The van der Waals surface area contributed by atoms with Gasteiger partial charge in [0.25, 0.3) is 0 Å². The molecule has 2 unspecified atom stereocenters. The number of hydrogen-bond acceptors (Lipinski definition) is 2. The summed E-state index contributed by atoms with van der Waals surface area (Å²) in [7, 11) is 1.99. The summed E-state index contributed by atoms with van der Waals surface area (Å²) in [6, 6.07) is 8.85. The molecule has 0 aliphatic heterocycles. The average Bonchev–Trinajstić information content (AvgIpc) is 2.86. The number of imidazole rings is 1. The van der Waals surface area contributed by atoms with Crippen LogP contribution < -0.4 is 5.73 Å². The second kappa shape index (κ2) is 5.17. The van der Waals surface area contributed by atoms with Gasteiger partial charge in [0, 0.05) is 19.3 Å². The van der Waals surface area contributed by atoms with Crippen LogP contribution in [0.3, 0.4) is 0 Å². The fourth-order valence-corrected chi connectivity index (χ4v) is 3.15. The first-order valence-corrected chi connectivity index (χ1v) is 7.05. The van der Waals surface area contributed by atoms with Crippen molar-refractivity contribution in [3.8, 4) is 0 Å². The average molecular weight is 255 g/mol. The Bertz CT molecular complexity index is 559. The maximum atomic E-state index is 6.32. The highest BCUT2D eigenvalue weighted by atomic mass is 15.0. The Labute approximate surface area is 114 Å². The molecule has 3 rings (SSSR count). The lowest BCUT2D eigenvalue weighted by atomic mass is 9.79. The first-order valence-electron chi connectivity index (χ1n) is 7.05. The van der Waals surface area contributed by atoms with Crippen molar-refractivity contribution in [3.05, 3.63) is 53.6 Å². The quantitative estimate of drug-likeness (QED) is 0.916. The molecule has 0 saturated carbocycles. The molecule has 0 bridgehead atoms. The van der Waals surface area contributed by atoms with Crippen LogP contribution in [0.4, 0.5) is 0 Å². The lowest BCUT2D eigenvalue weighted by Crippen LogP contribution is -2.18. The Balaban J connectivity index is 1.77. The fraction of sp³-hybridized carbons (Fsp3) is 0.438. The number of benzene rings is 1. The summed E-state index contributed by atoms with van der Waals surface area (Å²) < 4.78 is 1.96. The van der Waals surface area contributed by atoms with Crippen molar-refractivity contribution in [1.29, 1.82) is 0 Å². The molecule has 3 nitrogen and oxygen atoms in total. The van der Waals surface area contributed by atoms with Gasteiger partial charge in [0.15, 0.2) is 0 Å². The minimum Gasteiger partial charge on any atom is -0.340 e. The van der Waals surface area contributed by atoms with Crippen molar-refractivity contribution in [2.45, 2.75) is 37.6 Å². The molecule has 0 spiro atoms. The largest absolute Gasteiger partial charge is 0.340 e. The van der Waals surface area contributed by atoms with E-state index in [4.69, 9.17) is 5.73 Å². The van der Waals surface area contributed by atoms with Crippen molar-refractivity contribution in [2.24, 2.45) is 12.8 Å². The SMILES string of the molecule is Cn1cnc(C(N)CC2CCCc3ccccc32)c1. The van der Waals surface area contributed by atoms with E-state index in [-0.39, 0.29) is 6.04 Å². The fourth-order valence-electron chi connectivity index (χ4n) is 3.15. The number of fused-ring (bicyclic) bond motifs is 1. The first kappa shape index (κ1) is 12.4. The van der Waals surface area contributed by atoms with Crippen LogP contribution in [0, 0.1) is 0 Å². The summed E-state index contributed by atoms with van der Waals surface area (Å²) in [4.78, 5) is 4.38. The highest BCUT2D eigenvalue weighted by molar-refractivity contribution is 5.32. The highest BCUT2D eigenvalue weighted by Crippen LogP contribution is 2.36. The third-order valence-electron chi connectivity index (χ3n) is 4.14. The lowest BCUT2D eigenvalue weighted by Gasteiger charge is -2.27. The van der Waals surface area contributed by atoms with E-state index in [0.717, 1.165) is 12.1 Å². The Morgan fingerprint density at radius 3 is 3.05 bits per heavy atom. The number of nitrogens with two attached hydrogens (primary N) is 1. The molecule has 1 aliphatic rings. The minimum absolute atomic E-state index is 0.0392. The van der Waals surface area contributed by atoms with Crippen molar-refractivity contribution < 1.29 is 0 Å². The monoisotopic (exact) mass is 255 g/mol. The van der Waals surface area contributed by atoms with E-state index in [2.05, 4.69) is 29.2 Å². The van der Waals surface area contributed by atoms with Crippen LogP contribution in [0.2, 0.25) is 0 Å². The standard InChI is InChI=1S/C16H21N3/c1-19-10-16(18-11-19)15(17)9-13-7-4-6-12-5-2-3-8-14(12)13/h2-3,5,8,10-11,13,15H,4,6-7,9,17H2,1H3. The van der Waals surface area contributed by atoms with Crippen LogP contribution in [-0.4, -0.2) is 9.55 Å². The second-order valence-corrected chi connectivity index (χ2v) is 5.59. The number of nitrogens with zero attached hydrogens (tertiary/aromatic N) is 2. The molecule has 1 heterocycles. The van der Waals surface area contributed by atoms with E-state index in [0.29, 0.717) is 5.92 Å². The zero-order chi connectivity index (χ0) is 13.2. The topological polar surface area (TPSA) is 43.8 Å². The van der Waals surface area contributed by atoms with Crippen LogP contribution in [0.15, 0.2) is 36.8 Å². The van der Waals surface area contributed by atoms with E-state index < -0.39 is 0 Å². The summed E-state index contributed by atoms with van der Waals surface area (Å²) in [5.41, 5.74) is 10.3. The lowest BCUT2D eigenvalue weighted by molar-refractivity contribution is 0.472. The van der Waals surface area contributed by atoms with E-state index in [1.165, 1.54) is 30.4 Å². The number of rotatable bonds is 3. The molecule has 3 heteroatoms. The molecule has 0 fully saturated rings. The van der Waals surface area contributed by atoms with Crippen molar-refractivity contribution in [1.82, 2.24) is 9.55 Å². The van der Waals surface area contributed by atoms with Crippen molar-refractivity contribution in [2.75, 3.05) is 0 Å². The van der Waals surface area contributed by atoms with Gasteiger partial charge >= 0.3 is 0 Å². The van der Waals surface area contributed by atoms with Gasteiger partial charge < -0.3 is 10.3 Å². The number of hydrogen-bond donors (Lipinski definition) is 1. The van der Waals surface area contributed by atoms with Crippen LogP contribution in [0.25, 0.3) is 0 Å². The Hall–Kier alpha value is -1.61. The summed E-state index contributed by atoms with van der Waals surface area (Å²) in [6.07, 6.45) is 8.58. The van der Waals surface area contributed by atoms with E-state index >= 15 is 0 Å². The zero-order valence-corrected chi connectivity index (χ0v) is 11.4. The van der Waals surface area contributed by atoms with Gasteiger partial charge in [-0.15, -0.1) is 0 Å². The van der Waals surface area contributed by atoms with Gasteiger partial charge in [-0.1, -0.05) is 24.3 Å². The summed E-state index contributed by atoms with van der Waals surface area (Å²) >= 11 is 0. The number of aryl methyl sites for hydroxylation is 2. The Morgan fingerprint density at radius 2 is 2.26 bits per heavy atom. The van der Waals surface area contributed by atoms with E-state index in [9.17, 15) is 0 Å². The van der Waals surface area contributed by atoms with Crippen LogP contribution in [-0.2, 0) is 13.5 Å². The summed E-state index contributed by atoms with van der Waals surface area (Å²) in [6.45, 7) is 0. The molecule has 1 aliphatic carbocycles. The molecule has 0 saturated heterocycles. The second-order valence-electron chi connectivity index (χ2n) is 5.59. The van der Waals surface area contributed by atoms with Crippen molar-refractivity contribution in [3.63, 3.8) is 0 Å². The molecule has 2 N–H and O–H groups in total. The molecule has 2 aromatic rings. The normalized spacial score (nSPS) is 20.0.